The Balaban J connectivity index is 1.40. The zero-order chi connectivity index (χ0) is 29.4. The molecule has 1 aliphatic carbocycles. The van der Waals surface area contributed by atoms with E-state index in [4.69, 9.17) is 0 Å². The van der Waals surface area contributed by atoms with Crippen LogP contribution in [0.1, 0.15) is 47.3 Å². The van der Waals surface area contributed by atoms with Crippen molar-refractivity contribution < 1.29 is 27.6 Å². The summed E-state index contributed by atoms with van der Waals surface area (Å²) in [6.07, 6.45) is -3.23. The molecule has 0 spiro atoms. The van der Waals surface area contributed by atoms with Gasteiger partial charge in [0.15, 0.2) is 0 Å². The van der Waals surface area contributed by atoms with Gasteiger partial charge >= 0.3 is 6.18 Å². The molecule has 0 aromatic carbocycles. The lowest BCUT2D eigenvalue weighted by Crippen LogP contribution is -2.48. The fraction of sp³-hybridized carbons (Fsp3) is 0.483. The van der Waals surface area contributed by atoms with Gasteiger partial charge in [-0.25, -0.2) is 4.98 Å². The Hall–Kier alpha value is -3.38. The van der Waals surface area contributed by atoms with Crippen molar-refractivity contribution in [2.24, 2.45) is 17.3 Å². The number of carbonyl (C=O) groups excluding carboxylic acids is 3. The van der Waals surface area contributed by atoms with E-state index in [2.05, 4.69) is 14.9 Å². The molecular formula is C29H30F3N5O3S. The Morgan fingerprint density at radius 1 is 1.10 bits per heavy atom. The van der Waals surface area contributed by atoms with Crippen molar-refractivity contribution in [1.82, 2.24) is 24.7 Å². The predicted octanol–water partition coefficient (Wildman–Crippen LogP) is 4.60. The summed E-state index contributed by atoms with van der Waals surface area (Å²) in [5, 5.41) is 0. The molecule has 216 valence electrons. The van der Waals surface area contributed by atoms with E-state index in [-0.39, 0.29) is 58.3 Å². The quantitative estimate of drug-likeness (QED) is 0.407. The zero-order valence-electron chi connectivity index (χ0n) is 23.2. The molecule has 3 aliphatic rings. The average Bonchev–Trinajstić information content (AvgIpc) is 3.17. The van der Waals surface area contributed by atoms with Crippen molar-refractivity contribution in [3.8, 4) is 11.3 Å². The highest BCUT2D eigenvalue weighted by atomic mass is 32.1. The highest BCUT2D eigenvalue weighted by Gasteiger charge is 2.72. The SMILES string of the molecule is CCN1CCN(C(=O)c2c(C)cc(C(F)(F)F)nc2-c2ccnc3cc(CN4C(=O)C5C(C4=O)C5(C)C)sc23)CC1. The van der Waals surface area contributed by atoms with Crippen molar-refractivity contribution in [1.29, 1.82) is 0 Å². The molecule has 2 saturated heterocycles. The van der Waals surface area contributed by atoms with E-state index >= 15 is 0 Å². The first-order valence-corrected chi connectivity index (χ1v) is 14.5. The number of piperazine rings is 1. The first kappa shape index (κ1) is 27.8. The number of imide groups is 1. The van der Waals surface area contributed by atoms with Gasteiger partial charge in [0.25, 0.3) is 5.91 Å². The number of likely N-dealkylation sites (tertiary alicyclic amines) is 1. The van der Waals surface area contributed by atoms with Crippen LogP contribution in [0, 0.1) is 24.2 Å². The lowest BCUT2D eigenvalue weighted by Gasteiger charge is -2.34. The topological polar surface area (TPSA) is 86.7 Å². The van der Waals surface area contributed by atoms with Crippen molar-refractivity contribution >= 4 is 39.3 Å². The first-order chi connectivity index (χ1) is 19.3. The number of aryl methyl sites for hydroxylation is 1. The van der Waals surface area contributed by atoms with Gasteiger partial charge in [-0.15, -0.1) is 11.3 Å². The van der Waals surface area contributed by atoms with Gasteiger partial charge in [-0.2, -0.15) is 13.2 Å². The molecule has 5 heterocycles. The second kappa shape index (κ2) is 9.59. The van der Waals surface area contributed by atoms with Crippen LogP contribution in [0.25, 0.3) is 21.5 Å². The van der Waals surface area contributed by atoms with Crippen LogP contribution in [0.3, 0.4) is 0 Å². The van der Waals surface area contributed by atoms with Crippen LogP contribution in [0.5, 0.6) is 0 Å². The number of carbonyl (C=O) groups is 3. The van der Waals surface area contributed by atoms with Crippen LogP contribution in [-0.4, -0.2) is 75.1 Å². The third-order valence-electron chi connectivity index (χ3n) is 8.75. The molecule has 41 heavy (non-hydrogen) atoms. The van der Waals surface area contributed by atoms with Crippen LogP contribution in [0.2, 0.25) is 0 Å². The number of nitrogens with zero attached hydrogens (tertiary/aromatic N) is 5. The fourth-order valence-corrected chi connectivity index (χ4v) is 7.39. The van der Waals surface area contributed by atoms with E-state index in [0.717, 1.165) is 12.6 Å². The lowest BCUT2D eigenvalue weighted by molar-refractivity contribution is -0.144. The number of aromatic nitrogens is 2. The zero-order valence-corrected chi connectivity index (χ0v) is 24.0. The van der Waals surface area contributed by atoms with Gasteiger partial charge in [0.1, 0.15) is 5.69 Å². The Morgan fingerprint density at radius 2 is 1.76 bits per heavy atom. The van der Waals surface area contributed by atoms with Crippen LogP contribution < -0.4 is 0 Å². The number of fused-ring (bicyclic) bond motifs is 2. The summed E-state index contributed by atoms with van der Waals surface area (Å²) >= 11 is 1.24. The molecule has 3 fully saturated rings. The highest BCUT2D eigenvalue weighted by Crippen LogP contribution is 2.63. The maximum atomic E-state index is 13.9. The molecule has 0 radical (unpaired) electrons. The van der Waals surface area contributed by atoms with E-state index in [0.29, 0.717) is 46.8 Å². The number of likely N-dealkylation sites (N-methyl/N-ethyl adjacent to an activating group) is 1. The first-order valence-electron chi connectivity index (χ1n) is 13.7. The Bertz CT molecular complexity index is 1570. The minimum absolute atomic E-state index is 0.0441. The van der Waals surface area contributed by atoms with E-state index in [9.17, 15) is 27.6 Å². The third kappa shape index (κ3) is 4.51. The fourth-order valence-electron chi connectivity index (χ4n) is 6.28. The number of thiophene rings is 1. The molecule has 2 unspecified atom stereocenters. The van der Waals surface area contributed by atoms with Gasteiger partial charge in [-0.1, -0.05) is 20.8 Å². The molecule has 3 amide bonds. The Morgan fingerprint density at radius 3 is 2.37 bits per heavy atom. The summed E-state index contributed by atoms with van der Waals surface area (Å²) in [5.74, 6) is -1.35. The number of pyridine rings is 2. The van der Waals surface area contributed by atoms with Crippen LogP contribution in [0.15, 0.2) is 24.4 Å². The summed E-state index contributed by atoms with van der Waals surface area (Å²) in [6.45, 7) is 10.6. The van der Waals surface area contributed by atoms with Crippen molar-refractivity contribution in [2.75, 3.05) is 32.7 Å². The number of alkyl halides is 3. The summed E-state index contributed by atoms with van der Waals surface area (Å²) in [4.78, 5) is 53.8. The van der Waals surface area contributed by atoms with E-state index in [1.807, 2.05) is 20.8 Å². The van der Waals surface area contributed by atoms with Gasteiger partial charge < -0.3 is 9.80 Å². The third-order valence-corrected chi connectivity index (χ3v) is 9.89. The molecule has 3 aromatic rings. The Labute approximate surface area is 239 Å². The van der Waals surface area contributed by atoms with Gasteiger partial charge in [0, 0.05) is 42.8 Å². The summed E-state index contributed by atoms with van der Waals surface area (Å²) in [6, 6.07) is 4.24. The summed E-state index contributed by atoms with van der Waals surface area (Å²) in [5.41, 5.74) is -0.247. The van der Waals surface area contributed by atoms with Crippen LogP contribution in [-0.2, 0) is 22.3 Å². The molecule has 3 aromatic heterocycles. The number of hydrogen-bond acceptors (Lipinski definition) is 7. The number of rotatable bonds is 5. The van der Waals surface area contributed by atoms with E-state index < -0.39 is 11.9 Å². The maximum Gasteiger partial charge on any atom is 0.433 e. The molecule has 0 bridgehead atoms. The van der Waals surface area contributed by atoms with Gasteiger partial charge in [-0.3, -0.25) is 24.3 Å². The predicted molar refractivity (Wildman–Crippen MR) is 147 cm³/mol. The molecule has 2 atom stereocenters. The molecule has 0 N–H and O–H groups in total. The maximum absolute atomic E-state index is 13.9. The second-order valence-corrected chi connectivity index (χ2v) is 12.7. The molecule has 2 aliphatic heterocycles. The normalized spacial score (nSPS) is 22.5. The van der Waals surface area contributed by atoms with Crippen molar-refractivity contribution in [3.05, 3.63) is 46.1 Å². The summed E-state index contributed by atoms with van der Waals surface area (Å²) < 4.78 is 42.2. The highest BCUT2D eigenvalue weighted by molar-refractivity contribution is 7.19. The molecule has 8 nitrogen and oxygen atoms in total. The minimum Gasteiger partial charge on any atom is -0.336 e. The summed E-state index contributed by atoms with van der Waals surface area (Å²) in [7, 11) is 0. The number of hydrogen-bond donors (Lipinski definition) is 0. The second-order valence-electron chi connectivity index (χ2n) is 11.6. The standard InChI is InChI=1S/C29H30F3N5O3S/c1-5-35-8-10-36(11-9-35)25(38)20-15(2)12-19(29(30,31)32)34-23(20)17-6-7-33-18-13-16(41-24(17)18)14-37-26(39)21-22(27(37)40)28(21,3)4/h6-7,12-13,21-22H,5,8-11,14H2,1-4H3. The van der Waals surface area contributed by atoms with Gasteiger partial charge in [-0.05, 0) is 42.6 Å². The largest absolute Gasteiger partial charge is 0.433 e. The monoisotopic (exact) mass is 585 g/mol. The number of halogens is 3. The van der Waals surface area contributed by atoms with E-state index in [1.54, 1.807) is 17.0 Å². The molecule has 6 rings (SSSR count). The number of amides is 3. The lowest BCUT2D eigenvalue weighted by atomic mass is 9.99. The average molecular weight is 586 g/mol. The van der Waals surface area contributed by atoms with Gasteiger partial charge in [0.05, 0.1) is 39.9 Å². The Kier molecular flexibility index (Phi) is 6.49. The van der Waals surface area contributed by atoms with Crippen LogP contribution in [0.4, 0.5) is 13.2 Å². The van der Waals surface area contributed by atoms with E-state index in [1.165, 1.54) is 29.4 Å². The molecular weight excluding hydrogens is 555 g/mol. The molecule has 1 saturated carbocycles. The number of piperidine rings is 1. The van der Waals surface area contributed by atoms with Crippen molar-refractivity contribution in [3.63, 3.8) is 0 Å². The van der Waals surface area contributed by atoms with Gasteiger partial charge in [0.2, 0.25) is 11.8 Å². The molecule has 12 heteroatoms. The smallest absolute Gasteiger partial charge is 0.336 e. The van der Waals surface area contributed by atoms with Crippen molar-refractivity contribution in [2.45, 2.75) is 40.4 Å². The van der Waals surface area contributed by atoms with Crippen LogP contribution >= 0.6 is 11.3 Å². The minimum atomic E-state index is -4.70.